The predicted molar refractivity (Wildman–Crippen MR) is 144 cm³/mol. The molecule has 1 aromatic heterocycles. The van der Waals surface area contributed by atoms with Gasteiger partial charge in [0.05, 0.1) is 11.2 Å². The molecule has 206 valence electrons. The smallest absolute Gasteiger partial charge is 0.444 e. The number of carbonyl (C=O) groups excluding carboxylic acids is 2. The lowest BCUT2D eigenvalue weighted by molar-refractivity contribution is -0.133. The zero-order valence-electron chi connectivity index (χ0n) is 24.1. The van der Waals surface area contributed by atoms with E-state index in [1.807, 2.05) is 32.6 Å². The number of likely N-dealkylation sites (tertiary alicyclic amines) is 1. The van der Waals surface area contributed by atoms with E-state index in [0.29, 0.717) is 19.0 Å². The molecule has 11 heteroatoms. The molecular formula is C26H44BN5O5. The molecule has 1 N–H and O–H groups in total. The van der Waals surface area contributed by atoms with Crippen LogP contribution in [0.25, 0.3) is 0 Å². The summed E-state index contributed by atoms with van der Waals surface area (Å²) in [6.07, 6.45) is 4.70. The topological polar surface area (TPSA) is 106 Å². The monoisotopic (exact) mass is 517 g/mol. The van der Waals surface area contributed by atoms with Gasteiger partial charge in [0.1, 0.15) is 11.6 Å². The van der Waals surface area contributed by atoms with Gasteiger partial charge in [0.2, 0.25) is 11.9 Å². The van der Waals surface area contributed by atoms with Gasteiger partial charge in [-0.3, -0.25) is 4.79 Å². The molecule has 0 bridgehead atoms. The molecule has 0 aromatic carbocycles. The first-order valence-electron chi connectivity index (χ1n) is 13.2. The van der Waals surface area contributed by atoms with Gasteiger partial charge < -0.3 is 29.2 Å². The van der Waals surface area contributed by atoms with Crippen molar-refractivity contribution in [1.29, 1.82) is 0 Å². The maximum Gasteiger partial charge on any atom is 0.498 e. The first kappa shape index (κ1) is 29.2. The number of nitrogens with zero attached hydrogens (tertiary/aromatic N) is 4. The maximum absolute atomic E-state index is 13.2. The second-order valence-electron chi connectivity index (χ2n) is 12.3. The van der Waals surface area contributed by atoms with Crippen LogP contribution >= 0.6 is 0 Å². The fourth-order valence-electron chi connectivity index (χ4n) is 4.44. The number of ether oxygens (including phenoxy) is 1. The van der Waals surface area contributed by atoms with Crippen LogP contribution in [0.15, 0.2) is 12.4 Å². The third-order valence-electron chi connectivity index (χ3n) is 7.24. The van der Waals surface area contributed by atoms with Gasteiger partial charge in [-0.2, -0.15) is 0 Å². The summed E-state index contributed by atoms with van der Waals surface area (Å²) in [6, 6.07) is -0.569. The van der Waals surface area contributed by atoms with Gasteiger partial charge >= 0.3 is 13.2 Å². The van der Waals surface area contributed by atoms with Crippen LogP contribution in [0.1, 0.15) is 82.1 Å². The number of aromatic nitrogens is 2. The molecule has 0 spiro atoms. The number of hydrogen-bond acceptors (Lipinski definition) is 8. The van der Waals surface area contributed by atoms with E-state index >= 15 is 0 Å². The van der Waals surface area contributed by atoms with Gasteiger partial charge in [0.15, 0.2) is 0 Å². The highest BCUT2D eigenvalue weighted by Crippen LogP contribution is 2.36. The van der Waals surface area contributed by atoms with Crippen molar-refractivity contribution in [3.05, 3.63) is 12.4 Å². The molecule has 0 radical (unpaired) electrons. The van der Waals surface area contributed by atoms with Crippen molar-refractivity contribution in [2.45, 2.75) is 117 Å². The Kier molecular flexibility index (Phi) is 8.49. The van der Waals surface area contributed by atoms with E-state index in [0.717, 1.165) is 18.3 Å². The van der Waals surface area contributed by atoms with Crippen molar-refractivity contribution in [2.24, 2.45) is 0 Å². The van der Waals surface area contributed by atoms with Crippen molar-refractivity contribution in [3.8, 4) is 0 Å². The van der Waals surface area contributed by atoms with E-state index in [4.69, 9.17) is 14.0 Å². The number of nitrogens with one attached hydrogen (secondary N) is 1. The Hall–Kier alpha value is -2.40. The summed E-state index contributed by atoms with van der Waals surface area (Å²) < 4.78 is 17.6. The van der Waals surface area contributed by atoms with Gasteiger partial charge in [0.25, 0.3) is 0 Å². The number of rotatable bonds is 7. The number of carbonyl (C=O) groups is 2. The summed E-state index contributed by atoms with van der Waals surface area (Å²) in [6.45, 7) is 20.5. The quantitative estimate of drug-likeness (QED) is 0.551. The molecule has 3 rings (SSSR count). The van der Waals surface area contributed by atoms with Gasteiger partial charge in [0, 0.05) is 43.0 Å². The highest BCUT2D eigenvalue weighted by molar-refractivity contribution is 6.61. The number of alkyl carbamates (subject to hydrolysis) is 1. The summed E-state index contributed by atoms with van der Waals surface area (Å²) in [5, 5.41) is 2.67. The van der Waals surface area contributed by atoms with Crippen molar-refractivity contribution >= 4 is 30.5 Å². The average molecular weight is 517 g/mol. The Labute approximate surface area is 222 Å². The zero-order valence-corrected chi connectivity index (χ0v) is 24.1. The van der Waals surface area contributed by atoms with Gasteiger partial charge in [-0.25, -0.2) is 14.8 Å². The van der Waals surface area contributed by atoms with E-state index in [-0.39, 0.29) is 18.0 Å². The van der Waals surface area contributed by atoms with Crippen molar-refractivity contribution in [1.82, 2.24) is 20.2 Å². The Morgan fingerprint density at radius 2 is 1.73 bits per heavy atom. The zero-order chi connectivity index (χ0) is 27.8. The molecule has 3 heterocycles. The maximum atomic E-state index is 13.2. The van der Waals surface area contributed by atoms with E-state index in [2.05, 4.69) is 34.0 Å². The summed E-state index contributed by atoms with van der Waals surface area (Å²) in [5.74, 6) is 0.476. The summed E-state index contributed by atoms with van der Waals surface area (Å²) in [7, 11) is -0.520. The first-order chi connectivity index (χ1) is 17.0. The second kappa shape index (κ2) is 10.8. The van der Waals surface area contributed by atoms with E-state index in [9.17, 15) is 9.59 Å². The lowest BCUT2D eigenvalue weighted by Crippen LogP contribution is -2.52. The van der Waals surface area contributed by atoms with Crippen molar-refractivity contribution < 1.29 is 23.6 Å². The second-order valence-corrected chi connectivity index (χ2v) is 12.3. The fraction of sp³-hybridized carbons (Fsp3) is 0.769. The van der Waals surface area contributed by atoms with Crippen molar-refractivity contribution in [2.75, 3.05) is 18.0 Å². The normalized spacial score (nSPS) is 21.8. The van der Waals surface area contributed by atoms with Crippen LogP contribution in [0.2, 0.25) is 0 Å². The fourth-order valence-corrected chi connectivity index (χ4v) is 4.44. The lowest BCUT2D eigenvalue weighted by Gasteiger charge is -2.34. The summed E-state index contributed by atoms with van der Waals surface area (Å²) in [5.41, 5.74) is -0.729. The number of anilines is 1. The SMILES string of the molecule is CC(C)N(C[C@@H]1CCCN1C(=O)[C@@H](C)NC(=O)OC(C)(C)C)c1ncc(B2OC(C)(C)C(C)(C)O2)cn1. The standard InChI is InChI=1S/C26H44BN5O5/c1-17(2)32(22-28-14-19(15-29-22)27-36-25(7,8)26(9,10)37-27)16-20-12-11-13-31(20)21(33)18(3)30-23(34)35-24(4,5)6/h14-15,17-18,20H,11-13,16H2,1-10H3,(H,30,34)/t18-,20+/m1/s1. The number of hydrogen-bond donors (Lipinski definition) is 1. The minimum absolute atomic E-state index is 0.0100. The van der Waals surface area contributed by atoms with E-state index < -0.39 is 36.1 Å². The van der Waals surface area contributed by atoms with E-state index in [1.54, 1.807) is 40.1 Å². The van der Waals surface area contributed by atoms with E-state index in [1.165, 1.54) is 0 Å². The largest absolute Gasteiger partial charge is 0.498 e. The molecule has 10 nitrogen and oxygen atoms in total. The molecule has 2 aliphatic heterocycles. The van der Waals surface area contributed by atoms with Crippen LogP contribution in [-0.4, -0.2) is 82.0 Å². The molecule has 0 saturated carbocycles. The Bertz CT molecular complexity index is 947. The van der Waals surface area contributed by atoms with Crippen LogP contribution in [0.5, 0.6) is 0 Å². The predicted octanol–water partition coefficient (Wildman–Crippen LogP) is 2.89. The summed E-state index contributed by atoms with van der Waals surface area (Å²) >= 11 is 0. The van der Waals surface area contributed by atoms with Crippen LogP contribution in [-0.2, 0) is 18.8 Å². The molecule has 0 unspecified atom stereocenters. The molecule has 0 aliphatic carbocycles. The Balaban J connectivity index is 1.67. The molecule has 1 aromatic rings. The number of amides is 2. The first-order valence-corrected chi connectivity index (χ1v) is 13.2. The average Bonchev–Trinajstić information content (AvgIpc) is 3.31. The molecule has 2 atom stereocenters. The lowest BCUT2D eigenvalue weighted by atomic mass is 9.81. The van der Waals surface area contributed by atoms with Gasteiger partial charge in [-0.05, 0) is 82.1 Å². The van der Waals surface area contributed by atoms with Crippen LogP contribution in [0, 0.1) is 0 Å². The third kappa shape index (κ3) is 6.93. The van der Waals surface area contributed by atoms with Crippen LogP contribution in [0.3, 0.4) is 0 Å². The highest BCUT2D eigenvalue weighted by Gasteiger charge is 2.52. The Morgan fingerprint density at radius 3 is 2.24 bits per heavy atom. The molecule has 2 amide bonds. The third-order valence-corrected chi connectivity index (χ3v) is 7.24. The molecule has 37 heavy (non-hydrogen) atoms. The van der Waals surface area contributed by atoms with Gasteiger partial charge in [-0.15, -0.1) is 0 Å². The van der Waals surface area contributed by atoms with Crippen LogP contribution in [0.4, 0.5) is 10.7 Å². The highest BCUT2D eigenvalue weighted by atomic mass is 16.7. The summed E-state index contributed by atoms with van der Waals surface area (Å²) in [4.78, 5) is 38.6. The molecule has 2 aliphatic rings. The minimum atomic E-state index is -0.682. The molecule has 2 fully saturated rings. The molecule has 2 saturated heterocycles. The Morgan fingerprint density at radius 1 is 1.16 bits per heavy atom. The van der Waals surface area contributed by atoms with Crippen molar-refractivity contribution in [3.63, 3.8) is 0 Å². The molecular weight excluding hydrogens is 473 g/mol. The van der Waals surface area contributed by atoms with Crippen LogP contribution < -0.4 is 15.7 Å². The minimum Gasteiger partial charge on any atom is -0.444 e. The van der Waals surface area contributed by atoms with Gasteiger partial charge in [-0.1, -0.05) is 0 Å².